The fraction of sp³-hybridized carbons (Fsp3) is 0.333. The van der Waals surface area contributed by atoms with Crippen molar-refractivity contribution in [1.82, 2.24) is 0 Å². The van der Waals surface area contributed by atoms with Crippen molar-refractivity contribution in [1.29, 1.82) is 0 Å². The lowest BCUT2D eigenvalue weighted by atomic mass is 10.8. The zero-order chi connectivity index (χ0) is 6.24. The van der Waals surface area contributed by atoms with Crippen LogP contribution >= 0.6 is 12.6 Å². The molecule has 0 bridgehead atoms. The molecule has 0 unspecified atom stereocenters. The largest absolute Gasteiger partial charge is 0.492 e. The summed E-state index contributed by atoms with van der Waals surface area (Å²) >= 11 is 3.91. The van der Waals surface area contributed by atoms with Crippen LogP contribution < -0.4 is 0 Å². The molecule has 2 heteroatoms. The first kappa shape index (κ1) is 7.45. The fourth-order valence-electron chi connectivity index (χ4n) is 0.195. The maximum absolute atomic E-state index is 4.81. The van der Waals surface area contributed by atoms with Gasteiger partial charge in [0.15, 0.2) is 0 Å². The number of rotatable bonds is 3. The van der Waals surface area contributed by atoms with Crippen LogP contribution in [0.5, 0.6) is 0 Å². The summed E-state index contributed by atoms with van der Waals surface area (Å²) in [6, 6.07) is 0. The van der Waals surface area contributed by atoms with Gasteiger partial charge in [-0.1, -0.05) is 5.73 Å². The van der Waals surface area contributed by atoms with Crippen LogP contribution in [0.1, 0.15) is 0 Å². The first-order chi connectivity index (χ1) is 3.91. The third-order valence-electron chi connectivity index (χ3n) is 0.453. The molecule has 0 saturated heterocycles. The van der Waals surface area contributed by atoms with Gasteiger partial charge in [-0.25, -0.2) is 0 Å². The molecule has 0 atom stereocenters. The van der Waals surface area contributed by atoms with E-state index in [-0.39, 0.29) is 0 Å². The quantitative estimate of drug-likeness (QED) is 0.261. The number of ether oxygens (including phenoxy) is 1. The topological polar surface area (TPSA) is 9.23 Å². The van der Waals surface area contributed by atoms with Crippen molar-refractivity contribution in [2.24, 2.45) is 0 Å². The van der Waals surface area contributed by atoms with Crippen molar-refractivity contribution in [3.8, 4) is 0 Å². The van der Waals surface area contributed by atoms with Crippen LogP contribution in [0, 0.1) is 0 Å². The van der Waals surface area contributed by atoms with Crippen molar-refractivity contribution in [2.75, 3.05) is 12.4 Å². The van der Waals surface area contributed by atoms with E-state index in [1.54, 1.807) is 0 Å². The van der Waals surface area contributed by atoms with E-state index in [4.69, 9.17) is 4.74 Å². The van der Waals surface area contributed by atoms with Gasteiger partial charge in [0.1, 0.15) is 6.26 Å². The summed E-state index contributed by atoms with van der Waals surface area (Å²) < 4.78 is 4.81. The second-order valence-corrected chi connectivity index (χ2v) is 1.48. The number of thiol groups is 1. The first-order valence-electron chi connectivity index (χ1n) is 2.23. The highest BCUT2D eigenvalue weighted by atomic mass is 32.1. The molecule has 0 aliphatic carbocycles. The van der Waals surface area contributed by atoms with Gasteiger partial charge >= 0.3 is 0 Å². The normalized spacial score (nSPS) is 6.62. The van der Waals surface area contributed by atoms with Crippen LogP contribution in [-0.4, -0.2) is 12.4 Å². The number of hydrogen-bond donors (Lipinski definition) is 1. The van der Waals surface area contributed by atoms with Gasteiger partial charge in [-0.15, -0.1) is 0 Å². The van der Waals surface area contributed by atoms with Gasteiger partial charge in [0, 0.05) is 5.75 Å². The van der Waals surface area contributed by atoms with Gasteiger partial charge in [-0.05, 0) is 12.3 Å². The minimum absolute atomic E-state index is 0.609. The molecule has 44 valence electrons. The summed E-state index contributed by atoms with van der Waals surface area (Å²) in [7, 11) is 0. The summed E-state index contributed by atoms with van der Waals surface area (Å²) in [5.41, 5.74) is 4.96. The lowest BCUT2D eigenvalue weighted by molar-refractivity contribution is 0.274. The summed E-state index contributed by atoms with van der Waals surface area (Å²) in [6.45, 7) is 3.90. The lowest BCUT2D eigenvalue weighted by Gasteiger charge is -1.89. The average Bonchev–Trinajstić information content (AvgIpc) is 1.81. The molecule has 0 amide bonds. The van der Waals surface area contributed by atoms with Gasteiger partial charge in [0.25, 0.3) is 0 Å². The predicted octanol–water partition coefficient (Wildman–Crippen LogP) is 1.39. The van der Waals surface area contributed by atoms with Crippen molar-refractivity contribution in [3.05, 3.63) is 24.3 Å². The second-order valence-electron chi connectivity index (χ2n) is 1.03. The highest BCUT2D eigenvalue weighted by Crippen LogP contribution is 1.76. The Morgan fingerprint density at radius 2 is 2.50 bits per heavy atom. The molecule has 0 spiro atoms. The van der Waals surface area contributed by atoms with Gasteiger partial charge in [0.2, 0.25) is 0 Å². The maximum Gasteiger partial charge on any atom is 0.133 e. The van der Waals surface area contributed by atoms with E-state index in [1.807, 2.05) is 0 Å². The molecule has 0 aromatic rings. The summed E-state index contributed by atoms with van der Waals surface area (Å²) in [6.07, 6.45) is 1.42. The Bertz CT molecular complexity index is 118. The second kappa shape index (κ2) is 6.45. The molecule has 0 aromatic carbocycles. The molecule has 0 aliphatic rings. The Kier molecular flexibility index (Phi) is 6.01. The molecule has 0 saturated carbocycles. The monoisotopic (exact) mass is 128 g/mol. The van der Waals surface area contributed by atoms with Gasteiger partial charge in [0.05, 0.1) is 6.61 Å². The number of hydrogen-bond acceptors (Lipinski definition) is 2. The molecule has 0 heterocycles. The Morgan fingerprint density at radius 1 is 1.75 bits per heavy atom. The highest BCUT2D eigenvalue weighted by Gasteiger charge is 1.70. The van der Waals surface area contributed by atoms with Crippen LogP contribution in [0.3, 0.4) is 0 Å². The first-order valence-corrected chi connectivity index (χ1v) is 2.87. The van der Waals surface area contributed by atoms with Crippen LogP contribution in [-0.2, 0) is 4.74 Å². The Balaban J connectivity index is 3.16. The van der Waals surface area contributed by atoms with Crippen molar-refractivity contribution < 1.29 is 4.74 Å². The minimum atomic E-state index is 0.609. The van der Waals surface area contributed by atoms with Crippen LogP contribution in [0.2, 0.25) is 0 Å². The Hall–Kier alpha value is -0.550. The van der Waals surface area contributed by atoms with E-state index in [9.17, 15) is 0 Å². The molecule has 0 rings (SSSR count). The van der Waals surface area contributed by atoms with Crippen molar-refractivity contribution in [3.63, 3.8) is 0 Å². The standard InChI is InChI=1S/C6H8OS/c1-2-3-4-7-5-6-8/h4,8H,1,5-6H2. The zero-order valence-electron chi connectivity index (χ0n) is 4.55. The fourth-order valence-corrected chi connectivity index (χ4v) is 0.300. The minimum Gasteiger partial charge on any atom is -0.492 e. The van der Waals surface area contributed by atoms with E-state index >= 15 is 0 Å². The molecular formula is C6H8OS. The molecule has 0 radical (unpaired) electrons. The molecule has 0 aliphatic heterocycles. The molecule has 8 heavy (non-hydrogen) atoms. The van der Waals surface area contributed by atoms with Gasteiger partial charge in [-0.2, -0.15) is 12.6 Å². The summed E-state index contributed by atoms with van der Waals surface area (Å²) in [5.74, 6) is 0.718. The van der Waals surface area contributed by atoms with E-state index in [0.29, 0.717) is 6.61 Å². The van der Waals surface area contributed by atoms with Crippen LogP contribution in [0.15, 0.2) is 24.3 Å². The van der Waals surface area contributed by atoms with E-state index in [0.717, 1.165) is 5.75 Å². The molecule has 0 N–H and O–H groups in total. The Labute approximate surface area is 54.8 Å². The zero-order valence-corrected chi connectivity index (χ0v) is 5.45. The molecule has 1 nitrogen and oxygen atoms in total. The van der Waals surface area contributed by atoms with Crippen LogP contribution in [0.4, 0.5) is 0 Å². The van der Waals surface area contributed by atoms with Crippen molar-refractivity contribution in [2.45, 2.75) is 0 Å². The van der Waals surface area contributed by atoms with Crippen molar-refractivity contribution >= 4 is 12.6 Å². The SMILES string of the molecule is C=C=C=COCCS. The maximum atomic E-state index is 4.81. The van der Waals surface area contributed by atoms with E-state index in [2.05, 4.69) is 30.7 Å². The predicted molar refractivity (Wildman–Crippen MR) is 37.0 cm³/mol. The average molecular weight is 128 g/mol. The molecule has 0 fully saturated rings. The van der Waals surface area contributed by atoms with Gasteiger partial charge < -0.3 is 4.74 Å². The van der Waals surface area contributed by atoms with Crippen LogP contribution in [0.25, 0.3) is 0 Å². The third-order valence-corrected chi connectivity index (χ3v) is 0.636. The lowest BCUT2D eigenvalue weighted by Crippen LogP contribution is -1.85. The highest BCUT2D eigenvalue weighted by molar-refractivity contribution is 7.80. The third kappa shape index (κ3) is 5.45. The smallest absolute Gasteiger partial charge is 0.133 e. The Morgan fingerprint density at radius 3 is 3.00 bits per heavy atom. The molecule has 0 aromatic heterocycles. The summed E-state index contributed by atoms with van der Waals surface area (Å²) in [4.78, 5) is 0. The van der Waals surface area contributed by atoms with Gasteiger partial charge in [-0.3, -0.25) is 0 Å². The van der Waals surface area contributed by atoms with E-state index in [1.165, 1.54) is 6.26 Å². The van der Waals surface area contributed by atoms with E-state index < -0.39 is 0 Å². The molecular weight excluding hydrogens is 120 g/mol. The summed E-state index contributed by atoms with van der Waals surface area (Å²) in [5, 5.41) is 0.